The summed E-state index contributed by atoms with van der Waals surface area (Å²) in [6.07, 6.45) is 1.08. The van der Waals surface area contributed by atoms with Gasteiger partial charge in [0, 0.05) is 25.6 Å². The number of hydrogen-bond donors (Lipinski definition) is 0. The minimum Gasteiger partial charge on any atom is -0.464 e. The first kappa shape index (κ1) is 19.1. The number of carbonyl (C=O) groups excluding carboxylic acids is 2. The van der Waals surface area contributed by atoms with Crippen molar-refractivity contribution in [1.29, 1.82) is 0 Å². The van der Waals surface area contributed by atoms with Crippen molar-refractivity contribution in [1.82, 2.24) is 9.88 Å². The fourth-order valence-corrected chi connectivity index (χ4v) is 3.10. The van der Waals surface area contributed by atoms with E-state index in [1.54, 1.807) is 17.4 Å². The van der Waals surface area contributed by atoms with Crippen LogP contribution in [0.2, 0.25) is 0 Å². The number of esters is 1. The molecule has 0 saturated carbocycles. The number of aromatic nitrogens is 1. The highest BCUT2D eigenvalue weighted by Gasteiger charge is 2.18. The van der Waals surface area contributed by atoms with Gasteiger partial charge >= 0.3 is 5.97 Å². The topological polar surface area (TPSA) is 68.7 Å². The number of amides is 1. The van der Waals surface area contributed by atoms with Crippen molar-refractivity contribution in [2.75, 3.05) is 27.4 Å². The van der Waals surface area contributed by atoms with Crippen LogP contribution in [0, 0.1) is 0 Å². The Balaban J connectivity index is 2.05. The minimum absolute atomic E-state index is 0.0251. The van der Waals surface area contributed by atoms with E-state index in [4.69, 9.17) is 4.74 Å². The van der Waals surface area contributed by atoms with E-state index in [1.165, 1.54) is 18.4 Å². The molecule has 0 N–H and O–H groups in total. The van der Waals surface area contributed by atoms with Crippen LogP contribution in [0.1, 0.15) is 27.5 Å². The maximum absolute atomic E-state index is 12.7. The maximum Gasteiger partial charge on any atom is 0.357 e. The number of methoxy groups -OCH3 is 2. The Morgan fingerprint density at radius 3 is 2.64 bits per heavy atom. The molecule has 1 heterocycles. The van der Waals surface area contributed by atoms with Gasteiger partial charge in [-0.25, -0.2) is 9.78 Å². The summed E-state index contributed by atoms with van der Waals surface area (Å²) in [6, 6.07) is 9.63. The molecule has 0 unspecified atom stereocenters. The number of rotatable bonds is 9. The van der Waals surface area contributed by atoms with E-state index in [2.05, 4.69) is 9.72 Å². The third-order valence-corrected chi connectivity index (χ3v) is 4.43. The van der Waals surface area contributed by atoms with Crippen LogP contribution < -0.4 is 0 Å². The van der Waals surface area contributed by atoms with Crippen molar-refractivity contribution in [3.05, 3.63) is 52.0 Å². The molecule has 6 nitrogen and oxygen atoms in total. The molecule has 0 aliphatic rings. The molecule has 0 spiro atoms. The predicted octanol–water partition coefficient (Wildman–Crippen LogP) is 2.54. The van der Waals surface area contributed by atoms with Crippen molar-refractivity contribution in [2.24, 2.45) is 0 Å². The summed E-state index contributed by atoms with van der Waals surface area (Å²) < 4.78 is 9.75. The van der Waals surface area contributed by atoms with Gasteiger partial charge in [-0.1, -0.05) is 30.3 Å². The zero-order chi connectivity index (χ0) is 18.1. The van der Waals surface area contributed by atoms with Crippen LogP contribution >= 0.6 is 11.3 Å². The third kappa shape index (κ3) is 5.95. The first-order valence-corrected chi connectivity index (χ1v) is 8.85. The highest BCUT2D eigenvalue weighted by molar-refractivity contribution is 7.09. The largest absolute Gasteiger partial charge is 0.464 e. The van der Waals surface area contributed by atoms with Gasteiger partial charge in [-0.15, -0.1) is 11.3 Å². The van der Waals surface area contributed by atoms with Crippen molar-refractivity contribution in [3.8, 4) is 0 Å². The lowest BCUT2D eigenvalue weighted by molar-refractivity contribution is -0.131. The summed E-state index contributed by atoms with van der Waals surface area (Å²) in [5, 5.41) is 2.36. The van der Waals surface area contributed by atoms with E-state index in [0.29, 0.717) is 31.1 Å². The van der Waals surface area contributed by atoms with Crippen LogP contribution in [0.15, 0.2) is 35.7 Å². The van der Waals surface area contributed by atoms with Crippen LogP contribution in [0.3, 0.4) is 0 Å². The molecule has 0 fully saturated rings. The second-order valence-electron chi connectivity index (χ2n) is 5.44. The normalized spacial score (nSPS) is 10.5. The van der Waals surface area contributed by atoms with Crippen molar-refractivity contribution >= 4 is 23.2 Å². The molecule has 2 aromatic rings. The van der Waals surface area contributed by atoms with E-state index >= 15 is 0 Å². The van der Waals surface area contributed by atoms with Crippen molar-refractivity contribution in [3.63, 3.8) is 0 Å². The van der Waals surface area contributed by atoms with E-state index in [-0.39, 0.29) is 11.6 Å². The van der Waals surface area contributed by atoms with Gasteiger partial charge in [-0.05, 0) is 12.0 Å². The Kier molecular flexibility index (Phi) is 7.56. The Hall–Kier alpha value is -2.25. The molecule has 0 bridgehead atoms. The summed E-state index contributed by atoms with van der Waals surface area (Å²) in [4.78, 5) is 30.2. The fourth-order valence-electron chi connectivity index (χ4n) is 2.32. The van der Waals surface area contributed by atoms with Gasteiger partial charge in [0.25, 0.3) is 0 Å². The van der Waals surface area contributed by atoms with Crippen molar-refractivity contribution in [2.45, 2.75) is 19.4 Å². The molecule has 0 aliphatic heterocycles. The van der Waals surface area contributed by atoms with E-state index in [0.717, 1.165) is 12.0 Å². The maximum atomic E-state index is 12.7. The summed E-state index contributed by atoms with van der Waals surface area (Å²) in [7, 11) is 2.96. The second kappa shape index (κ2) is 9.90. The minimum atomic E-state index is -0.468. The molecule has 1 aromatic carbocycles. The first-order chi connectivity index (χ1) is 12.1. The van der Waals surface area contributed by atoms with Crippen LogP contribution in [-0.4, -0.2) is 49.1 Å². The third-order valence-electron chi connectivity index (χ3n) is 3.60. The van der Waals surface area contributed by atoms with Gasteiger partial charge in [0.1, 0.15) is 5.01 Å². The molecule has 1 amide bonds. The number of thiazole rings is 1. The summed E-state index contributed by atoms with van der Waals surface area (Å²) >= 11 is 1.35. The predicted molar refractivity (Wildman–Crippen MR) is 95.5 cm³/mol. The smallest absolute Gasteiger partial charge is 0.357 e. The summed E-state index contributed by atoms with van der Waals surface area (Å²) in [5.74, 6) is -0.443. The molecule has 0 aliphatic carbocycles. The zero-order valence-corrected chi connectivity index (χ0v) is 15.3. The van der Waals surface area contributed by atoms with Gasteiger partial charge in [-0.2, -0.15) is 0 Å². The number of carbonyl (C=O) groups is 2. The average molecular weight is 362 g/mol. The Morgan fingerprint density at radius 1 is 1.20 bits per heavy atom. The molecular formula is C18H22N2O4S. The number of benzene rings is 1. The van der Waals surface area contributed by atoms with Crippen LogP contribution in [0.5, 0.6) is 0 Å². The zero-order valence-electron chi connectivity index (χ0n) is 14.4. The Bertz CT molecular complexity index is 687. The molecule has 2 rings (SSSR count). The molecule has 134 valence electrons. The average Bonchev–Trinajstić information content (AvgIpc) is 3.10. The highest BCUT2D eigenvalue weighted by Crippen LogP contribution is 2.15. The molecule has 25 heavy (non-hydrogen) atoms. The van der Waals surface area contributed by atoms with Crippen molar-refractivity contribution < 1.29 is 19.1 Å². The van der Waals surface area contributed by atoms with E-state index in [9.17, 15) is 9.59 Å². The van der Waals surface area contributed by atoms with Gasteiger partial charge in [0.15, 0.2) is 5.69 Å². The van der Waals surface area contributed by atoms with Gasteiger partial charge < -0.3 is 14.4 Å². The van der Waals surface area contributed by atoms with Crippen LogP contribution in [0.4, 0.5) is 0 Å². The lowest BCUT2D eigenvalue weighted by Gasteiger charge is -2.21. The molecule has 1 aromatic heterocycles. The Morgan fingerprint density at radius 2 is 1.96 bits per heavy atom. The second-order valence-corrected chi connectivity index (χ2v) is 6.38. The molecule has 0 saturated heterocycles. The molecule has 0 radical (unpaired) electrons. The van der Waals surface area contributed by atoms with Crippen LogP contribution in [-0.2, 0) is 27.2 Å². The quantitative estimate of drug-likeness (QED) is 0.506. The number of hydrogen-bond acceptors (Lipinski definition) is 6. The lowest BCUT2D eigenvalue weighted by Crippen LogP contribution is -2.33. The molecule has 7 heteroatoms. The summed E-state index contributed by atoms with van der Waals surface area (Å²) in [5.41, 5.74) is 1.24. The van der Waals surface area contributed by atoms with Gasteiger partial charge in [-0.3, -0.25) is 4.79 Å². The van der Waals surface area contributed by atoms with E-state index in [1.807, 2.05) is 30.3 Å². The standard InChI is InChI=1S/C18H22N2O4S/c1-23-10-6-9-20(17(21)11-14-7-4-3-5-8-14)12-16-19-15(13-25-16)18(22)24-2/h3-5,7-8,13H,6,9-12H2,1-2H3. The van der Waals surface area contributed by atoms with E-state index < -0.39 is 5.97 Å². The SMILES string of the molecule is COCCCN(Cc1nc(C(=O)OC)cs1)C(=O)Cc1ccccc1. The Labute approximate surface area is 151 Å². The lowest BCUT2D eigenvalue weighted by atomic mass is 10.1. The summed E-state index contributed by atoms with van der Waals surface area (Å²) in [6.45, 7) is 1.53. The first-order valence-electron chi connectivity index (χ1n) is 7.97. The fraction of sp³-hybridized carbons (Fsp3) is 0.389. The van der Waals surface area contributed by atoms with Gasteiger partial charge in [0.05, 0.1) is 20.1 Å². The molecule has 0 atom stereocenters. The monoisotopic (exact) mass is 362 g/mol. The van der Waals surface area contributed by atoms with Gasteiger partial charge in [0.2, 0.25) is 5.91 Å². The molecular weight excluding hydrogens is 340 g/mol. The number of ether oxygens (including phenoxy) is 2. The number of nitrogens with zero attached hydrogens (tertiary/aromatic N) is 2. The van der Waals surface area contributed by atoms with Crippen LogP contribution in [0.25, 0.3) is 0 Å². The highest BCUT2D eigenvalue weighted by atomic mass is 32.1.